The van der Waals surface area contributed by atoms with Crippen molar-refractivity contribution in [2.75, 3.05) is 19.6 Å². The topological polar surface area (TPSA) is 58.3 Å². The maximum absolute atomic E-state index is 4.83. The lowest BCUT2D eigenvalue weighted by Gasteiger charge is -2.37. The monoisotopic (exact) mass is 304 g/mol. The number of piperidine rings is 1. The second-order valence-electron chi connectivity index (χ2n) is 6.81. The number of hydrogen-bond acceptors (Lipinski definition) is 3. The Morgan fingerprint density at radius 1 is 1.27 bits per heavy atom. The van der Waals surface area contributed by atoms with Gasteiger partial charge in [0.1, 0.15) is 12.4 Å². The van der Waals surface area contributed by atoms with Crippen molar-refractivity contribution >= 4 is 5.96 Å². The standard InChI is InChI=1S/C16H28N6/c1-4-17-16(21-10-12(2)8-13(3)11-21)18-9-15-20-19-14-6-5-7-22(14)15/h12-13H,4-11H2,1-3H3,(H,17,18). The van der Waals surface area contributed by atoms with Crippen LogP contribution in [0.4, 0.5) is 0 Å². The number of nitrogens with one attached hydrogen (secondary N) is 1. The Bertz CT molecular complexity index is 525. The van der Waals surface area contributed by atoms with E-state index in [1.807, 2.05) is 0 Å². The minimum atomic E-state index is 0.620. The van der Waals surface area contributed by atoms with E-state index in [0.717, 1.165) is 62.0 Å². The molecule has 3 heterocycles. The van der Waals surface area contributed by atoms with Crippen LogP contribution in [0.15, 0.2) is 4.99 Å². The van der Waals surface area contributed by atoms with Crippen LogP contribution in [-0.4, -0.2) is 45.3 Å². The molecule has 1 aromatic rings. The molecule has 1 fully saturated rings. The highest BCUT2D eigenvalue weighted by Gasteiger charge is 2.24. The quantitative estimate of drug-likeness (QED) is 0.682. The van der Waals surface area contributed by atoms with Crippen LogP contribution in [0.25, 0.3) is 0 Å². The Balaban J connectivity index is 1.72. The second-order valence-corrected chi connectivity index (χ2v) is 6.81. The predicted octanol–water partition coefficient (Wildman–Crippen LogP) is 1.67. The van der Waals surface area contributed by atoms with E-state index in [-0.39, 0.29) is 0 Å². The molecule has 0 aliphatic carbocycles. The number of hydrogen-bond donors (Lipinski definition) is 1. The summed E-state index contributed by atoms with van der Waals surface area (Å²) in [5.41, 5.74) is 0. The van der Waals surface area contributed by atoms with Crippen molar-refractivity contribution in [1.82, 2.24) is 25.0 Å². The van der Waals surface area contributed by atoms with Gasteiger partial charge in [-0.15, -0.1) is 10.2 Å². The molecule has 0 saturated carbocycles. The molecular formula is C16H28N6. The smallest absolute Gasteiger partial charge is 0.194 e. The molecule has 1 saturated heterocycles. The van der Waals surface area contributed by atoms with Crippen LogP contribution in [0.1, 0.15) is 45.3 Å². The lowest BCUT2D eigenvalue weighted by Crippen LogP contribution is -2.48. The van der Waals surface area contributed by atoms with Crippen LogP contribution in [0.3, 0.4) is 0 Å². The van der Waals surface area contributed by atoms with Gasteiger partial charge in [-0.3, -0.25) is 0 Å². The molecule has 6 nitrogen and oxygen atoms in total. The molecule has 0 radical (unpaired) electrons. The van der Waals surface area contributed by atoms with Crippen molar-refractivity contribution in [3.05, 3.63) is 11.6 Å². The lowest BCUT2D eigenvalue weighted by atomic mass is 9.92. The highest BCUT2D eigenvalue weighted by Crippen LogP contribution is 2.21. The zero-order chi connectivity index (χ0) is 15.5. The van der Waals surface area contributed by atoms with E-state index in [0.29, 0.717) is 6.54 Å². The van der Waals surface area contributed by atoms with Crippen molar-refractivity contribution in [1.29, 1.82) is 0 Å². The fraction of sp³-hybridized carbons (Fsp3) is 0.812. The molecule has 0 amide bonds. The summed E-state index contributed by atoms with van der Waals surface area (Å²) in [7, 11) is 0. The Kier molecular flexibility index (Phi) is 4.64. The first-order chi connectivity index (χ1) is 10.7. The van der Waals surface area contributed by atoms with Crippen LogP contribution in [-0.2, 0) is 19.5 Å². The summed E-state index contributed by atoms with van der Waals surface area (Å²) in [6, 6.07) is 0. The number of fused-ring (bicyclic) bond motifs is 1. The van der Waals surface area contributed by atoms with Crippen molar-refractivity contribution in [3.8, 4) is 0 Å². The fourth-order valence-electron chi connectivity index (χ4n) is 3.73. The maximum atomic E-state index is 4.83. The van der Waals surface area contributed by atoms with Crippen molar-refractivity contribution in [3.63, 3.8) is 0 Å². The van der Waals surface area contributed by atoms with Gasteiger partial charge in [-0.1, -0.05) is 13.8 Å². The lowest BCUT2D eigenvalue weighted by molar-refractivity contribution is 0.208. The summed E-state index contributed by atoms with van der Waals surface area (Å²) in [4.78, 5) is 7.24. The normalized spacial score (nSPS) is 25.4. The molecule has 22 heavy (non-hydrogen) atoms. The second kappa shape index (κ2) is 6.67. The number of aromatic nitrogens is 3. The number of guanidine groups is 1. The predicted molar refractivity (Wildman–Crippen MR) is 87.7 cm³/mol. The molecule has 0 spiro atoms. The van der Waals surface area contributed by atoms with Crippen LogP contribution >= 0.6 is 0 Å². The van der Waals surface area contributed by atoms with Gasteiger partial charge in [-0.25, -0.2) is 4.99 Å². The first-order valence-corrected chi connectivity index (χ1v) is 8.61. The Hall–Kier alpha value is -1.59. The summed E-state index contributed by atoms with van der Waals surface area (Å²) in [5, 5.41) is 12.0. The number of nitrogens with zero attached hydrogens (tertiary/aromatic N) is 5. The average molecular weight is 304 g/mol. The molecule has 2 aliphatic rings. The SMILES string of the molecule is CCNC(=NCc1nnc2n1CCC2)N1CC(C)CC(C)C1. The highest BCUT2D eigenvalue weighted by molar-refractivity contribution is 5.80. The third-order valence-corrected chi connectivity index (χ3v) is 4.56. The van der Waals surface area contributed by atoms with E-state index < -0.39 is 0 Å². The first kappa shape index (κ1) is 15.3. The van der Waals surface area contributed by atoms with Crippen molar-refractivity contribution in [2.24, 2.45) is 16.8 Å². The van der Waals surface area contributed by atoms with Crippen LogP contribution in [0.2, 0.25) is 0 Å². The zero-order valence-electron chi connectivity index (χ0n) is 14.0. The summed E-state index contributed by atoms with van der Waals surface area (Å²) < 4.78 is 2.23. The molecule has 0 aromatic carbocycles. The molecule has 1 aromatic heterocycles. The molecule has 2 aliphatic heterocycles. The van der Waals surface area contributed by atoms with E-state index in [1.54, 1.807) is 0 Å². The van der Waals surface area contributed by atoms with E-state index in [2.05, 4.69) is 45.8 Å². The minimum absolute atomic E-state index is 0.620. The van der Waals surface area contributed by atoms with Gasteiger partial charge in [0.05, 0.1) is 0 Å². The van der Waals surface area contributed by atoms with Crippen LogP contribution in [0.5, 0.6) is 0 Å². The molecule has 2 unspecified atom stereocenters. The summed E-state index contributed by atoms with van der Waals surface area (Å²) in [5.74, 6) is 4.60. The van der Waals surface area contributed by atoms with Gasteiger partial charge in [0, 0.05) is 32.6 Å². The first-order valence-electron chi connectivity index (χ1n) is 8.61. The Morgan fingerprint density at radius 2 is 2.05 bits per heavy atom. The van der Waals surface area contributed by atoms with E-state index in [1.165, 1.54) is 12.8 Å². The third kappa shape index (κ3) is 3.25. The number of rotatable bonds is 3. The fourth-order valence-corrected chi connectivity index (χ4v) is 3.73. The van der Waals surface area contributed by atoms with Crippen LogP contribution in [0, 0.1) is 11.8 Å². The number of aryl methyl sites for hydroxylation is 1. The van der Waals surface area contributed by atoms with Gasteiger partial charge in [-0.05, 0) is 31.6 Å². The molecular weight excluding hydrogens is 276 g/mol. The molecule has 1 N–H and O–H groups in total. The van der Waals surface area contributed by atoms with Crippen LogP contribution < -0.4 is 5.32 Å². The third-order valence-electron chi connectivity index (χ3n) is 4.56. The van der Waals surface area contributed by atoms with Crippen molar-refractivity contribution in [2.45, 2.75) is 53.1 Å². The summed E-state index contributed by atoms with van der Waals surface area (Å²) in [6.45, 7) is 11.5. The van der Waals surface area contributed by atoms with Gasteiger partial charge in [0.15, 0.2) is 11.8 Å². The molecule has 6 heteroatoms. The van der Waals surface area contributed by atoms with Gasteiger partial charge in [-0.2, -0.15) is 0 Å². The van der Waals surface area contributed by atoms with Gasteiger partial charge < -0.3 is 14.8 Å². The van der Waals surface area contributed by atoms with Gasteiger partial charge in [0.25, 0.3) is 0 Å². The summed E-state index contributed by atoms with van der Waals surface area (Å²) in [6.07, 6.45) is 3.55. The number of likely N-dealkylation sites (tertiary alicyclic amines) is 1. The summed E-state index contributed by atoms with van der Waals surface area (Å²) >= 11 is 0. The van der Waals surface area contributed by atoms with Crippen molar-refractivity contribution < 1.29 is 0 Å². The number of aliphatic imine (C=N–C) groups is 1. The molecule has 2 atom stereocenters. The van der Waals surface area contributed by atoms with E-state index in [9.17, 15) is 0 Å². The van der Waals surface area contributed by atoms with E-state index >= 15 is 0 Å². The molecule has 122 valence electrons. The van der Waals surface area contributed by atoms with Gasteiger partial charge in [0.2, 0.25) is 0 Å². The Morgan fingerprint density at radius 3 is 2.77 bits per heavy atom. The largest absolute Gasteiger partial charge is 0.357 e. The van der Waals surface area contributed by atoms with E-state index in [4.69, 9.17) is 4.99 Å². The molecule has 3 rings (SSSR count). The average Bonchev–Trinajstić information content (AvgIpc) is 3.06. The highest BCUT2D eigenvalue weighted by atomic mass is 15.3. The zero-order valence-corrected chi connectivity index (χ0v) is 14.0. The van der Waals surface area contributed by atoms with Gasteiger partial charge >= 0.3 is 0 Å². The Labute approximate surface area is 133 Å². The maximum Gasteiger partial charge on any atom is 0.194 e. The molecule has 0 bridgehead atoms. The minimum Gasteiger partial charge on any atom is -0.357 e.